The van der Waals surface area contributed by atoms with Crippen LogP contribution in [0, 0.1) is 0 Å². The zero-order valence-corrected chi connectivity index (χ0v) is 11.1. The average Bonchev–Trinajstić information content (AvgIpc) is 3.04. The number of aromatic amines is 1. The third-order valence-electron chi connectivity index (χ3n) is 2.93. The number of aromatic nitrogens is 5. The Kier molecular flexibility index (Phi) is 2.68. The molecule has 0 spiro atoms. The van der Waals surface area contributed by atoms with Gasteiger partial charge in [-0.1, -0.05) is 11.3 Å². The smallest absolute Gasteiger partial charge is 0.228 e. The quantitative estimate of drug-likeness (QED) is 0.750. The third-order valence-corrected chi connectivity index (χ3v) is 3.88. The number of ether oxygens (including phenoxy) is 1. The van der Waals surface area contributed by atoms with Gasteiger partial charge in [0.05, 0.1) is 35.7 Å². The lowest BCUT2D eigenvalue weighted by molar-refractivity contribution is 0.109. The fourth-order valence-corrected chi connectivity index (χ4v) is 2.95. The van der Waals surface area contributed by atoms with E-state index in [2.05, 4.69) is 30.5 Å². The van der Waals surface area contributed by atoms with Crippen molar-refractivity contribution in [3.05, 3.63) is 35.2 Å². The van der Waals surface area contributed by atoms with Crippen LogP contribution in [-0.2, 0) is 18.0 Å². The average molecular weight is 286 g/mol. The van der Waals surface area contributed by atoms with E-state index in [9.17, 15) is 0 Å². The van der Waals surface area contributed by atoms with E-state index in [0.717, 1.165) is 27.0 Å². The van der Waals surface area contributed by atoms with Gasteiger partial charge in [-0.2, -0.15) is 5.10 Å². The van der Waals surface area contributed by atoms with Crippen molar-refractivity contribution in [3.8, 4) is 11.3 Å². The van der Waals surface area contributed by atoms with Gasteiger partial charge in [0, 0.05) is 18.0 Å². The van der Waals surface area contributed by atoms with E-state index in [1.54, 1.807) is 36.0 Å². The molecule has 0 aliphatic carbocycles. The molecule has 0 radical (unpaired) electrons. The maximum absolute atomic E-state index is 5.61. The van der Waals surface area contributed by atoms with Crippen LogP contribution in [0.4, 0.5) is 11.1 Å². The van der Waals surface area contributed by atoms with Gasteiger partial charge < -0.3 is 10.1 Å². The van der Waals surface area contributed by atoms with E-state index in [0.29, 0.717) is 19.2 Å². The summed E-state index contributed by atoms with van der Waals surface area (Å²) >= 11 is 1.54. The van der Waals surface area contributed by atoms with Crippen LogP contribution in [0.3, 0.4) is 0 Å². The van der Waals surface area contributed by atoms with Gasteiger partial charge in [-0.25, -0.2) is 15.0 Å². The predicted molar refractivity (Wildman–Crippen MR) is 73.5 cm³/mol. The Morgan fingerprint density at radius 2 is 2.15 bits per heavy atom. The summed E-state index contributed by atoms with van der Waals surface area (Å²) in [4.78, 5) is 13.9. The Hall–Kier alpha value is -2.32. The zero-order valence-electron chi connectivity index (χ0n) is 10.3. The molecule has 0 bridgehead atoms. The van der Waals surface area contributed by atoms with Crippen LogP contribution in [0.2, 0.25) is 0 Å². The number of hydrogen-bond donors (Lipinski definition) is 2. The number of H-pyrrole nitrogens is 1. The van der Waals surface area contributed by atoms with Gasteiger partial charge in [0.25, 0.3) is 0 Å². The number of nitrogens with zero attached hydrogens (tertiary/aromatic N) is 4. The maximum atomic E-state index is 5.61. The van der Waals surface area contributed by atoms with Gasteiger partial charge in [-0.3, -0.25) is 5.10 Å². The molecule has 7 nitrogen and oxygen atoms in total. The summed E-state index contributed by atoms with van der Waals surface area (Å²) in [5.41, 5.74) is 2.86. The highest BCUT2D eigenvalue weighted by atomic mass is 32.1. The molecule has 4 rings (SSSR count). The lowest BCUT2D eigenvalue weighted by Gasteiger charge is -1.99. The van der Waals surface area contributed by atoms with E-state index >= 15 is 0 Å². The van der Waals surface area contributed by atoms with Crippen LogP contribution >= 0.6 is 11.3 Å². The van der Waals surface area contributed by atoms with Crippen LogP contribution in [0.25, 0.3) is 11.3 Å². The summed E-state index contributed by atoms with van der Waals surface area (Å²) in [6, 6.07) is 1.77. The Morgan fingerprint density at radius 1 is 1.25 bits per heavy atom. The summed E-state index contributed by atoms with van der Waals surface area (Å²) in [6.07, 6.45) is 5.15. The summed E-state index contributed by atoms with van der Waals surface area (Å²) < 4.78 is 5.61. The second kappa shape index (κ2) is 4.66. The topological polar surface area (TPSA) is 88.6 Å². The molecule has 3 aromatic rings. The normalized spacial score (nSPS) is 13.4. The molecule has 2 N–H and O–H groups in total. The number of anilines is 2. The minimum Gasteiger partial charge on any atom is -0.370 e. The first-order valence-corrected chi connectivity index (χ1v) is 6.86. The molecule has 20 heavy (non-hydrogen) atoms. The largest absolute Gasteiger partial charge is 0.370 e. The van der Waals surface area contributed by atoms with Crippen molar-refractivity contribution < 1.29 is 4.74 Å². The molecule has 3 aromatic heterocycles. The van der Waals surface area contributed by atoms with Crippen molar-refractivity contribution in [2.24, 2.45) is 0 Å². The van der Waals surface area contributed by atoms with E-state index in [-0.39, 0.29) is 0 Å². The Bertz CT molecular complexity index is 738. The minimum atomic E-state index is 0.531. The second-order valence-electron chi connectivity index (χ2n) is 4.24. The first-order valence-electron chi connectivity index (χ1n) is 6.04. The summed E-state index contributed by atoms with van der Waals surface area (Å²) in [7, 11) is 0. The molecular formula is C12H10N6OS. The first-order chi connectivity index (χ1) is 9.90. The molecule has 0 saturated heterocycles. The first kappa shape index (κ1) is 11.5. The van der Waals surface area contributed by atoms with Gasteiger partial charge in [-0.05, 0) is 6.07 Å². The number of hydrogen-bond acceptors (Lipinski definition) is 7. The van der Waals surface area contributed by atoms with Crippen molar-refractivity contribution >= 4 is 22.4 Å². The van der Waals surface area contributed by atoms with Gasteiger partial charge >= 0.3 is 0 Å². The number of rotatable bonds is 2. The monoisotopic (exact) mass is 286 g/mol. The molecule has 8 heteroatoms. The molecule has 4 heterocycles. The zero-order chi connectivity index (χ0) is 13.4. The van der Waals surface area contributed by atoms with Gasteiger partial charge in [0.15, 0.2) is 5.13 Å². The summed E-state index contributed by atoms with van der Waals surface area (Å²) in [5.74, 6) is 0.532. The molecule has 0 amide bonds. The van der Waals surface area contributed by atoms with Crippen LogP contribution < -0.4 is 5.32 Å². The highest BCUT2D eigenvalue weighted by molar-refractivity contribution is 7.16. The van der Waals surface area contributed by atoms with E-state index in [4.69, 9.17) is 4.74 Å². The lowest BCUT2D eigenvalue weighted by Crippen LogP contribution is -1.95. The van der Waals surface area contributed by atoms with Crippen molar-refractivity contribution in [1.29, 1.82) is 0 Å². The lowest BCUT2D eigenvalue weighted by atomic mass is 10.2. The van der Waals surface area contributed by atoms with Crippen molar-refractivity contribution in [2.75, 3.05) is 5.32 Å². The Morgan fingerprint density at radius 3 is 3.05 bits per heavy atom. The molecule has 1 aliphatic heterocycles. The van der Waals surface area contributed by atoms with Crippen molar-refractivity contribution in [3.63, 3.8) is 0 Å². The van der Waals surface area contributed by atoms with Crippen LogP contribution in [0.1, 0.15) is 10.6 Å². The number of nitrogens with one attached hydrogen (secondary N) is 2. The fraction of sp³-hybridized carbons (Fsp3) is 0.167. The third kappa shape index (κ3) is 1.95. The van der Waals surface area contributed by atoms with Gasteiger partial charge in [0.2, 0.25) is 5.95 Å². The van der Waals surface area contributed by atoms with Crippen LogP contribution in [0.5, 0.6) is 0 Å². The van der Waals surface area contributed by atoms with E-state index in [1.807, 2.05) is 0 Å². The van der Waals surface area contributed by atoms with E-state index < -0.39 is 0 Å². The van der Waals surface area contributed by atoms with Crippen molar-refractivity contribution in [1.82, 2.24) is 25.1 Å². The second-order valence-corrected chi connectivity index (χ2v) is 5.33. The maximum Gasteiger partial charge on any atom is 0.228 e. The summed E-state index contributed by atoms with van der Waals surface area (Å²) in [5, 5.41) is 10.8. The molecule has 0 fully saturated rings. The number of thiazole rings is 1. The molecular weight excluding hydrogens is 276 g/mol. The molecule has 100 valence electrons. The van der Waals surface area contributed by atoms with Gasteiger partial charge in [-0.15, -0.1) is 0 Å². The van der Waals surface area contributed by atoms with Crippen LogP contribution in [-0.4, -0.2) is 25.1 Å². The Labute approximate surface area is 118 Å². The molecule has 0 atom stereocenters. The minimum absolute atomic E-state index is 0.531. The SMILES string of the molecule is c1cnc(Nc2nc3c(s2)COCc2[nH]ncc2-3)nc1. The predicted octanol–water partition coefficient (Wildman–Crippen LogP) is 2.10. The Balaban J connectivity index is 1.72. The van der Waals surface area contributed by atoms with E-state index in [1.165, 1.54) is 0 Å². The molecule has 0 aromatic carbocycles. The van der Waals surface area contributed by atoms with Crippen molar-refractivity contribution in [2.45, 2.75) is 13.2 Å². The molecule has 0 unspecified atom stereocenters. The molecule has 0 saturated carbocycles. The number of fused-ring (bicyclic) bond motifs is 3. The fourth-order valence-electron chi connectivity index (χ4n) is 2.05. The van der Waals surface area contributed by atoms with Crippen LogP contribution in [0.15, 0.2) is 24.7 Å². The van der Waals surface area contributed by atoms with Gasteiger partial charge in [0.1, 0.15) is 0 Å². The molecule has 1 aliphatic rings. The highest BCUT2D eigenvalue weighted by Crippen LogP contribution is 2.36. The summed E-state index contributed by atoms with van der Waals surface area (Å²) in [6.45, 7) is 1.08. The highest BCUT2D eigenvalue weighted by Gasteiger charge is 2.21. The standard InChI is InChI=1S/C12H10N6OS/c1-2-13-11(14-3-1)17-12-16-10-7-4-15-18-8(7)5-19-6-9(10)20-12/h1-4H,5-6H2,(H,15,18)(H,13,14,16,17).